The number of ether oxygens (including phenoxy) is 1. The van der Waals surface area contributed by atoms with E-state index in [4.69, 9.17) is 10.5 Å². The zero-order chi connectivity index (χ0) is 13.0. The first-order valence-electron chi connectivity index (χ1n) is 4.30. The lowest BCUT2D eigenvalue weighted by Crippen LogP contribution is -2.05. The third kappa shape index (κ3) is 2.55. The molecule has 1 aromatic carbocycles. The lowest BCUT2D eigenvalue weighted by Gasteiger charge is -2.03. The second kappa shape index (κ2) is 4.73. The summed E-state index contributed by atoms with van der Waals surface area (Å²) in [5.41, 5.74) is -0.764. The molecular formula is C10H5N3O4. The van der Waals surface area contributed by atoms with Crippen LogP contribution in [0.5, 0.6) is 5.75 Å². The van der Waals surface area contributed by atoms with E-state index >= 15 is 0 Å². The number of carbonyl (C=O) groups excluding carboxylic acids is 1. The van der Waals surface area contributed by atoms with Gasteiger partial charge in [0.25, 0.3) is 0 Å². The van der Waals surface area contributed by atoms with Crippen LogP contribution in [0.3, 0.4) is 0 Å². The molecule has 0 amide bonds. The van der Waals surface area contributed by atoms with E-state index < -0.39 is 16.6 Å². The molecule has 0 saturated heterocycles. The molecule has 0 aliphatic carbocycles. The predicted molar refractivity (Wildman–Crippen MR) is 53.8 cm³/mol. The molecule has 0 spiro atoms. The molecule has 0 fully saturated rings. The summed E-state index contributed by atoms with van der Waals surface area (Å²) in [6, 6.07) is 5.24. The zero-order valence-electron chi connectivity index (χ0n) is 8.63. The van der Waals surface area contributed by atoms with Crippen LogP contribution in [0.4, 0.5) is 5.69 Å². The highest BCUT2D eigenvalue weighted by molar-refractivity contribution is 5.72. The van der Waals surface area contributed by atoms with Crippen molar-refractivity contribution >= 4 is 11.7 Å². The lowest BCUT2D eigenvalue weighted by atomic mass is 10.1. The maximum Gasteiger partial charge on any atom is 0.313 e. The van der Waals surface area contributed by atoms with Crippen molar-refractivity contribution in [2.24, 2.45) is 0 Å². The average Bonchev–Trinajstić information content (AvgIpc) is 2.27. The van der Waals surface area contributed by atoms with Gasteiger partial charge >= 0.3 is 11.7 Å². The first-order chi connectivity index (χ1) is 7.99. The Labute approximate surface area is 95.6 Å². The van der Waals surface area contributed by atoms with Crippen molar-refractivity contribution < 1.29 is 14.5 Å². The fourth-order valence-corrected chi connectivity index (χ4v) is 1.13. The summed E-state index contributed by atoms with van der Waals surface area (Å²) >= 11 is 0. The molecular weight excluding hydrogens is 226 g/mol. The Balaban J connectivity index is 3.48. The summed E-state index contributed by atoms with van der Waals surface area (Å²) in [4.78, 5) is 20.7. The van der Waals surface area contributed by atoms with Gasteiger partial charge in [0.2, 0.25) is 5.75 Å². The highest BCUT2D eigenvalue weighted by Gasteiger charge is 2.20. The largest absolute Gasteiger partial charge is 0.419 e. The summed E-state index contributed by atoms with van der Waals surface area (Å²) in [5.74, 6) is -1.10. The monoisotopic (exact) mass is 231 g/mol. The van der Waals surface area contributed by atoms with E-state index in [1.165, 1.54) is 0 Å². The molecule has 7 nitrogen and oxygen atoms in total. The van der Waals surface area contributed by atoms with Gasteiger partial charge in [-0.2, -0.15) is 10.5 Å². The number of nitrogens with zero attached hydrogens (tertiary/aromatic N) is 3. The fourth-order valence-electron chi connectivity index (χ4n) is 1.13. The summed E-state index contributed by atoms with van der Waals surface area (Å²) in [5, 5.41) is 28.1. The highest BCUT2D eigenvalue weighted by Crippen LogP contribution is 2.30. The normalized spacial score (nSPS) is 8.88. The Hall–Kier alpha value is -2.93. The van der Waals surface area contributed by atoms with E-state index in [0.29, 0.717) is 0 Å². The molecule has 1 aromatic rings. The Bertz CT molecular complexity index is 580. The van der Waals surface area contributed by atoms with Crippen LogP contribution in [0.1, 0.15) is 18.1 Å². The fraction of sp³-hybridized carbons (Fsp3) is 0.100. The summed E-state index contributed by atoms with van der Waals surface area (Å²) < 4.78 is 4.61. The van der Waals surface area contributed by atoms with Gasteiger partial charge in [0.05, 0.1) is 16.1 Å². The third-order valence-electron chi connectivity index (χ3n) is 1.79. The standard InChI is InChI=1S/C10H5N3O4/c1-6(14)17-10-3-8(5-12)7(4-11)2-9(10)13(15)16/h2-3H,1H3. The molecule has 84 valence electrons. The Kier molecular flexibility index (Phi) is 3.38. The number of hydrogen-bond donors (Lipinski definition) is 0. The molecule has 1 rings (SSSR count). The van der Waals surface area contributed by atoms with Gasteiger partial charge in [0.15, 0.2) is 0 Å². The number of hydrogen-bond acceptors (Lipinski definition) is 6. The second-order valence-electron chi connectivity index (χ2n) is 2.94. The van der Waals surface area contributed by atoms with E-state index in [1.807, 2.05) is 0 Å². The molecule has 0 heterocycles. The molecule has 17 heavy (non-hydrogen) atoms. The molecule has 0 saturated carbocycles. The van der Waals surface area contributed by atoms with Crippen LogP contribution in [-0.4, -0.2) is 10.9 Å². The quantitative estimate of drug-likeness (QED) is 0.327. The van der Waals surface area contributed by atoms with Crippen LogP contribution in [0.15, 0.2) is 12.1 Å². The van der Waals surface area contributed by atoms with Crippen LogP contribution in [0, 0.1) is 32.8 Å². The van der Waals surface area contributed by atoms with E-state index in [-0.39, 0.29) is 16.9 Å². The lowest BCUT2D eigenvalue weighted by molar-refractivity contribution is -0.385. The van der Waals surface area contributed by atoms with Crippen molar-refractivity contribution in [1.29, 1.82) is 10.5 Å². The zero-order valence-corrected chi connectivity index (χ0v) is 8.63. The van der Waals surface area contributed by atoms with Crippen LogP contribution in [-0.2, 0) is 4.79 Å². The number of nitriles is 2. The van der Waals surface area contributed by atoms with Crippen molar-refractivity contribution in [3.8, 4) is 17.9 Å². The second-order valence-corrected chi connectivity index (χ2v) is 2.94. The summed E-state index contributed by atoms with van der Waals surface area (Å²) in [6.07, 6.45) is 0. The summed E-state index contributed by atoms with van der Waals surface area (Å²) in [7, 11) is 0. The van der Waals surface area contributed by atoms with Gasteiger partial charge in [0, 0.05) is 19.1 Å². The molecule has 0 aliphatic heterocycles. The van der Waals surface area contributed by atoms with Gasteiger partial charge < -0.3 is 4.74 Å². The summed E-state index contributed by atoms with van der Waals surface area (Å²) in [6.45, 7) is 1.08. The smallest absolute Gasteiger partial charge is 0.313 e. The maximum atomic E-state index is 10.7. The van der Waals surface area contributed by atoms with Crippen molar-refractivity contribution in [3.05, 3.63) is 33.4 Å². The predicted octanol–water partition coefficient (Wildman–Crippen LogP) is 1.26. The minimum absolute atomic E-state index is 0.0886. The average molecular weight is 231 g/mol. The molecule has 7 heteroatoms. The van der Waals surface area contributed by atoms with E-state index in [0.717, 1.165) is 19.1 Å². The molecule has 0 N–H and O–H groups in total. The van der Waals surface area contributed by atoms with Gasteiger partial charge in [-0.1, -0.05) is 0 Å². The van der Waals surface area contributed by atoms with Gasteiger partial charge in [0.1, 0.15) is 12.1 Å². The Morgan fingerprint density at radius 1 is 1.35 bits per heavy atom. The van der Waals surface area contributed by atoms with Gasteiger partial charge in [-0.3, -0.25) is 14.9 Å². The Morgan fingerprint density at radius 3 is 2.29 bits per heavy atom. The first-order valence-corrected chi connectivity index (χ1v) is 4.30. The van der Waals surface area contributed by atoms with Gasteiger partial charge in [-0.05, 0) is 0 Å². The van der Waals surface area contributed by atoms with Crippen molar-refractivity contribution in [2.75, 3.05) is 0 Å². The van der Waals surface area contributed by atoms with Crippen LogP contribution < -0.4 is 4.74 Å². The molecule has 0 aromatic heterocycles. The number of nitro benzene ring substituents is 1. The van der Waals surface area contributed by atoms with Crippen LogP contribution >= 0.6 is 0 Å². The number of rotatable bonds is 2. The molecule has 0 unspecified atom stereocenters. The van der Waals surface area contributed by atoms with E-state index in [1.54, 1.807) is 12.1 Å². The SMILES string of the molecule is CC(=O)Oc1cc(C#N)c(C#N)cc1[N+](=O)[O-]. The Morgan fingerprint density at radius 2 is 1.88 bits per heavy atom. The number of nitro groups is 1. The van der Waals surface area contributed by atoms with Gasteiger partial charge in [-0.25, -0.2) is 0 Å². The van der Waals surface area contributed by atoms with E-state index in [2.05, 4.69) is 4.74 Å². The molecule has 0 atom stereocenters. The third-order valence-corrected chi connectivity index (χ3v) is 1.79. The van der Waals surface area contributed by atoms with Crippen LogP contribution in [0.2, 0.25) is 0 Å². The molecule has 0 aliphatic rings. The molecule has 0 bridgehead atoms. The number of carbonyl (C=O) groups is 1. The first kappa shape index (κ1) is 12.1. The maximum absolute atomic E-state index is 10.7. The van der Waals surface area contributed by atoms with E-state index in [9.17, 15) is 14.9 Å². The number of benzene rings is 1. The number of esters is 1. The minimum Gasteiger partial charge on any atom is -0.419 e. The van der Waals surface area contributed by atoms with Crippen molar-refractivity contribution in [3.63, 3.8) is 0 Å². The highest BCUT2D eigenvalue weighted by atomic mass is 16.6. The van der Waals surface area contributed by atoms with Crippen molar-refractivity contribution in [2.45, 2.75) is 6.92 Å². The molecule has 0 radical (unpaired) electrons. The minimum atomic E-state index is -0.791. The van der Waals surface area contributed by atoms with Crippen LogP contribution in [0.25, 0.3) is 0 Å². The topological polar surface area (TPSA) is 117 Å². The van der Waals surface area contributed by atoms with Crippen molar-refractivity contribution in [1.82, 2.24) is 0 Å². The van der Waals surface area contributed by atoms with Gasteiger partial charge in [-0.15, -0.1) is 0 Å².